The van der Waals surface area contributed by atoms with Gasteiger partial charge in [-0.2, -0.15) is 0 Å². The maximum atomic E-state index is 12.7. The van der Waals surface area contributed by atoms with E-state index in [0.29, 0.717) is 17.9 Å². The number of carbonyl (C=O) groups is 2. The van der Waals surface area contributed by atoms with Crippen molar-refractivity contribution < 1.29 is 33.6 Å². The van der Waals surface area contributed by atoms with Crippen LogP contribution in [-0.4, -0.2) is 45.3 Å². The molecule has 0 aromatic heterocycles. The van der Waals surface area contributed by atoms with Gasteiger partial charge in [-0.05, 0) is 30.2 Å². The van der Waals surface area contributed by atoms with Gasteiger partial charge in [0.1, 0.15) is 17.1 Å². The first-order chi connectivity index (χ1) is 12.9. The molecule has 0 radical (unpaired) electrons. The Bertz CT molecular complexity index is 842. The third kappa shape index (κ3) is 4.49. The summed E-state index contributed by atoms with van der Waals surface area (Å²) in [7, 11) is 5.87. The van der Waals surface area contributed by atoms with Crippen molar-refractivity contribution in [1.82, 2.24) is 0 Å². The first kappa shape index (κ1) is 20.1. The first-order valence-electron chi connectivity index (χ1n) is 8.18. The highest BCUT2D eigenvalue weighted by molar-refractivity contribution is 6.02. The van der Waals surface area contributed by atoms with Crippen LogP contribution in [0.25, 0.3) is 0 Å². The summed E-state index contributed by atoms with van der Waals surface area (Å²) in [5.41, 5.74) is 1.01. The molecule has 0 bridgehead atoms. The minimum Gasteiger partial charge on any atom is -0.496 e. The van der Waals surface area contributed by atoms with Gasteiger partial charge in [-0.25, -0.2) is 4.79 Å². The van der Waals surface area contributed by atoms with Gasteiger partial charge < -0.3 is 24.1 Å². The Morgan fingerprint density at radius 2 is 1.37 bits per heavy atom. The molecule has 0 unspecified atom stereocenters. The van der Waals surface area contributed by atoms with Gasteiger partial charge in [-0.3, -0.25) is 4.79 Å². The number of carbonyl (C=O) groups excluding carboxylic acids is 1. The maximum absolute atomic E-state index is 12.7. The molecule has 0 aliphatic rings. The fourth-order valence-corrected chi connectivity index (χ4v) is 2.71. The van der Waals surface area contributed by atoms with Gasteiger partial charge in [0.25, 0.3) is 0 Å². The monoisotopic (exact) mass is 374 g/mol. The summed E-state index contributed by atoms with van der Waals surface area (Å²) < 4.78 is 20.8. The number of aromatic carboxylic acids is 1. The number of carboxylic acids is 1. The van der Waals surface area contributed by atoms with Crippen molar-refractivity contribution in [1.29, 1.82) is 0 Å². The molecule has 0 atom stereocenters. The topological polar surface area (TPSA) is 91.3 Å². The van der Waals surface area contributed by atoms with Crippen LogP contribution in [0.2, 0.25) is 0 Å². The Balaban J connectivity index is 2.25. The Labute approximate surface area is 157 Å². The summed E-state index contributed by atoms with van der Waals surface area (Å²) in [5, 5.41) is 9.32. The van der Waals surface area contributed by atoms with Crippen molar-refractivity contribution in [2.45, 2.75) is 12.8 Å². The van der Waals surface area contributed by atoms with Crippen molar-refractivity contribution >= 4 is 11.8 Å². The number of hydrogen-bond donors (Lipinski definition) is 1. The summed E-state index contributed by atoms with van der Waals surface area (Å²) in [5.74, 6) is 0.188. The molecular formula is C20H22O7. The second-order valence-corrected chi connectivity index (χ2v) is 5.67. The highest BCUT2D eigenvalue weighted by atomic mass is 16.5. The number of rotatable bonds is 9. The summed E-state index contributed by atoms with van der Waals surface area (Å²) in [6, 6.07) is 8.13. The van der Waals surface area contributed by atoms with E-state index >= 15 is 0 Å². The molecule has 7 nitrogen and oxygen atoms in total. The van der Waals surface area contributed by atoms with E-state index in [1.54, 1.807) is 26.4 Å². The number of benzene rings is 2. The standard InChI is InChI=1S/C20H22O7/c1-24-16-8-6-12(9-19(16)27-4)5-7-15(21)13-10-14(20(22)23)18(26-3)11-17(13)25-2/h6,8-11H,5,7H2,1-4H3,(H,22,23). The summed E-state index contributed by atoms with van der Waals surface area (Å²) in [6.45, 7) is 0. The lowest BCUT2D eigenvalue weighted by Gasteiger charge is -2.13. The quantitative estimate of drug-likeness (QED) is 0.674. The molecule has 144 valence electrons. The molecule has 2 aromatic carbocycles. The molecule has 0 fully saturated rings. The zero-order chi connectivity index (χ0) is 20.0. The Morgan fingerprint density at radius 1 is 0.778 bits per heavy atom. The van der Waals surface area contributed by atoms with Crippen LogP contribution in [0, 0.1) is 0 Å². The molecule has 0 amide bonds. The van der Waals surface area contributed by atoms with Crippen LogP contribution in [0.3, 0.4) is 0 Å². The van der Waals surface area contributed by atoms with Gasteiger partial charge in [0.15, 0.2) is 17.3 Å². The average molecular weight is 374 g/mol. The largest absolute Gasteiger partial charge is 0.496 e. The van der Waals surface area contributed by atoms with Gasteiger partial charge in [-0.1, -0.05) is 6.07 Å². The predicted molar refractivity (Wildman–Crippen MR) is 98.7 cm³/mol. The lowest BCUT2D eigenvalue weighted by atomic mass is 9.99. The van der Waals surface area contributed by atoms with Crippen molar-refractivity contribution in [3.05, 3.63) is 47.0 Å². The Morgan fingerprint density at radius 3 is 1.93 bits per heavy atom. The van der Waals surface area contributed by atoms with Crippen LogP contribution in [0.1, 0.15) is 32.7 Å². The van der Waals surface area contributed by atoms with E-state index in [1.165, 1.54) is 26.4 Å². The zero-order valence-electron chi connectivity index (χ0n) is 15.7. The third-order valence-electron chi connectivity index (χ3n) is 4.14. The molecule has 1 N–H and O–H groups in total. The normalized spacial score (nSPS) is 10.2. The van der Waals surface area contributed by atoms with Gasteiger partial charge in [0, 0.05) is 12.5 Å². The average Bonchev–Trinajstić information content (AvgIpc) is 2.70. The minimum absolute atomic E-state index is 0.0900. The fraction of sp³-hybridized carbons (Fsp3) is 0.300. The number of carboxylic acid groups (broad SMARTS) is 1. The number of methoxy groups -OCH3 is 4. The lowest BCUT2D eigenvalue weighted by Crippen LogP contribution is -2.08. The van der Waals surface area contributed by atoms with Crippen molar-refractivity contribution in [2.75, 3.05) is 28.4 Å². The Hall–Kier alpha value is -3.22. The molecule has 2 rings (SSSR count). The molecule has 0 saturated carbocycles. The van der Waals surface area contributed by atoms with E-state index in [9.17, 15) is 14.7 Å². The maximum Gasteiger partial charge on any atom is 0.339 e. The molecule has 0 heterocycles. The van der Waals surface area contributed by atoms with Crippen LogP contribution in [0.4, 0.5) is 0 Å². The second kappa shape index (κ2) is 8.93. The molecule has 0 aliphatic heterocycles. The van der Waals surface area contributed by atoms with Gasteiger partial charge >= 0.3 is 5.97 Å². The van der Waals surface area contributed by atoms with E-state index in [2.05, 4.69) is 0 Å². The lowest BCUT2D eigenvalue weighted by molar-refractivity contribution is 0.0693. The van der Waals surface area contributed by atoms with Crippen molar-refractivity contribution in [2.24, 2.45) is 0 Å². The number of aryl methyl sites for hydroxylation is 1. The highest BCUT2D eigenvalue weighted by Crippen LogP contribution is 2.31. The van der Waals surface area contributed by atoms with E-state index in [4.69, 9.17) is 18.9 Å². The van der Waals surface area contributed by atoms with E-state index in [0.717, 1.165) is 5.56 Å². The van der Waals surface area contributed by atoms with Crippen LogP contribution in [0.5, 0.6) is 23.0 Å². The van der Waals surface area contributed by atoms with E-state index in [1.807, 2.05) is 6.07 Å². The van der Waals surface area contributed by atoms with Crippen molar-refractivity contribution in [3.63, 3.8) is 0 Å². The van der Waals surface area contributed by atoms with Gasteiger partial charge in [0.2, 0.25) is 0 Å². The number of Topliss-reactive ketones (excluding diaryl/α,β-unsaturated/α-hetero) is 1. The number of ether oxygens (including phenoxy) is 4. The third-order valence-corrected chi connectivity index (χ3v) is 4.14. The molecule has 0 saturated heterocycles. The van der Waals surface area contributed by atoms with E-state index in [-0.39, 0.29) is 34.8 Å². The molecule has 0 aliphatic carbocycles. The fourth-order valence-electron chi connectivity index (χ4n) is 2.71. The number of ketones is 1. The van der Waals surface area contributed by atoms with E-state index < -0.39 is 5.97 Å². The summed E-state index contributed by atoms with van der Waals surface area (Å²) in [4.78, 5) is 24.1. The second-order valence-electron chi connectivity index (χ2n) is 5.67. The summed E-state index contributed by atoms with van der Waals surface area (Å²) >= 11 is 0. The zero-order valence-corrected chi connectivity index (χ0v) is 15.7. The SMILES string of the molecule is COc1ccc(CCC(=O)c2cc(C(=O)O)c(OC)cc2OC)cc1OC. The minimum atomic E-state index is -1.18. The van der Waals surface area contributed by atoms with Gasteiger partial charge in [-0.15, -0.1) is 0 Å². The van der Waals surface area contributed by atoms with Crippen LogP contribution >= 0.6 is 0 Å². The van der Waals surface area contributed by atoms with Gasteiger partial charge in [0.05, 0.1) is 34.0 Å². The number of hydrogen-bond acceptors (Lipinski definition) is 6. The van der Waals surface area contributed by atoms with Crippen molar-refractivity contribution in [3.8, 4) is 23.0 Å². The van der Waals surface area contributed by atoms with Crippen LogP contribution in [-0.2, 0) is 6.42 Å². The highest BCUT2D eigenvalue weighted by Gasteiger charge is 2.20. The Kier molecular flexibility index (Phi) is 6.65. The first-order valence-corrected chi connectivity index (χ1v) is 8.18. The molecule has 27 heavy (non-hydrogen) atoms. The molecule has 2 aromatic rings. The van der Waals surface area contributed by atoms with Crippen LogP contribution < -0.4 is 18.9 Å². The van der Waals surface area contributed by atoms with Crippen LogP contribution in [0.15, 0.2) is 30.3 Å². The predicted octanol–water partition coefficient (Wildman–Crippen LogP) is 3.23. The smallest absolute Gasteiger partial charge is 0.339 e. The molecule has 7 heteroatoms. The molecular weight excluding hydrogens is 352 g/mol. The summed E-state index contributed by atoms with van der Waals surface area (Å²) in [6.07, 6.45) is 0.633. The molecule has 0 spiro atoms.